The average Bonchev–Trinajstić information content (AvgIpc) is 3.20. The third kappa shape index (κ3) is 5.05. The fourth-order valence-corrected chi connectivity index (χ4v) is 4.58. The molecular formula is C21H22N2O3S2. The van der Waals surface area contributed by atoms with Crippen molar-refractivity contribution in [2.24, 2.45) is 0 Å². The molecule has 0 unspecified atom stereocenters. The van der Waals surface area contributed by atoms with Gasteiger partial charge >= 0.3 is 0 Å². The van der Waals surface area contributed by atoms with E-state index < -0.39 is 0 Å². The first-order valence-corrected chi connectivity index (χ1v) is 10.5. The zero-order valence-electron chi connectivity index (χ0n) is 16.0. The predicted octanol–water partition coefficient (Wildman–Crippen LogP) is 4.62. The fourth-order valence-electron chi connectivity index (χ4n) is 2.58. The van der Waals surface area contributed by atoms with Crippen molar-refractivity contribution in [1.29, 1.82) is 0 Å². The van der Waals surface area contributed by atoms with Crippen LogP contribution in [0.5, 0.6) is 11.5 Å². The van der Waals surface area contributed by atoms with E-state index in [-0.39, 0.29) is 11.2 Å². The number of aromatic nitrogens is 1. The van der Waals surface area contributed by atoms with Crippen molar-refractivity contribution in [2.75, 3.05) is 14.2 Å². The summed E-state index contributed by atoms with van der Waals surface area (Å²) in [5.74, 6) is 1.28. The van der Waals surface area contributed by atoms with Crippen LogP contribution < -0.4 is 14.8 Å². The first-order valence-electron chi connectivity index (χ1n) is 8.77. The van der Waals surface area contributed by atoms with Gasteiger partial charge in [-0.1, -0.05) is 48.2 Å². The minimum absolute atomic E-state index is 0.0313. The maximum absolute atomic E-state index is 12.5. The molecule has 3 aromatic rings. The Balaban J connectivity index is 1.56. The molecule has 1 N–H and O–H groups in total. The summed E-state index contributed by atoms with van der Waals surface area (Å²) in [6.45, 7) is 2.31. The van der Waals surface area contributed by atoms with Crippen LogP contribution in [0.1, 0.15) is 12.5 Å². The quantitative estimate of drug-likeness (QED) is 0.545. The van der Waals surface area contributed by atoms with E-state index >= 15 is 0 Å². The van der Waals surface area contributed by atoms with Crippen molar-refractivity contribution in [3.8, 4) is 22.8 Å². The maximum atomic E-state index is 12.5. The molecule has 1 amide bonds. The number of ether oxygens (including phenoxy) is 2. The standard InChI is InChI=1S/C21H22N2O3S2/c1-14(28-21-23-17(13-27-21)16-7-5-4-6-8-16)20(24)22-12-15-9-10-18(25-2)19(11-15)26-3/h4-11,13-14H,12H2,1-3H3,(H,22,24)/t14-/m1/s1. The van der Waals surface area contributed by atoms with Crippen LogP contribution >= 0.6 is 23.1 Å². The molecule has 28 heavy (non-hydrogen) atoms. The summed E-state index contributed by atoms with van der Waals surface area (Å²) in [5, 5.41) is 4.75. The molecule has 0 radical (unpaired) electrons. The highest BCUT2D eigenvalue weighted by atomic mass is 32.2. The lowest BCUT2D eigenvalue weighted by Gasteiger charge is -2.12. The largest absolute Gasteiger partial charge is 0.493 e. The van der Waals surface area contributed by atoms with Gasteiger partial charge in [0, 0.05) is 17.5 Å². The number of carbonyl (C=O) groups is 1. The number of carbonyl (C=O) groups excluding carboxylic acids is 1. The number of rotatable bonds is 8. The van der Waals surface area contributed by atoms with Gasteiger partial charge in [-0.2, -0.15) is 0 Å². The Labute approximate surface area is 173 Å². The number of thiazole rings is 1. The summed E-state index contributed by atoms with van der Waals surface area (Å²) < 4.78 is 11.4. The van der Waals surface area contributed by atoms with Crippen LogP contribution in [0.4, 0.5) is 0 Å². The summed E-state index contributed by atoms with van der Waals surface area (Å²) in [7, 11) is 3.19. The van der Waals surface area contributed by atoms with Crippen molar-refractivity contribution >= 4 is 29.0 Å². The van der Waals surface area contributed by atoms with Crippen molar-refractivity contribution < 1.29 is 14.3 Å². The first-order chi connectivity index (χ1) is 13.6. The molecule has 2 aromatic carbocycles. The highest BCUT2D eigenvalue weighted by molar-refractivity contribution is 8.02. The summed E-state index contributed by atoms with van der Waals surface area (Å²) >= 11 is 3.02. The summed E-state index contributed by atoms with van der Waals surface area (Å²) in [6.07, 6.45) is 0. The number of hydrogen-bond donors (Lipinski definition) is 1. The lowest BCUT2D eigenvalue weighted by Crippen LogP contribution is -2.30. The molecule has 0 saturated heterocycles. The zero-order valence-corrected chi connectivity index (χ0v) is 17.6. The Morgan fingerprint density at radius 3 is 2.61 bits per heavy atom. The summed E-state index contributed by atoms with van der Waals surface area (Å²) in [5.41, 5.74) is 2.96. The van der Waals surface area contributed by atoms with E-state index in [4.69, 9.17) is 9.47 Å². The van der Waals surface area contributed by atoms with Gasteiger partial charge in [-0.05, 0) is 24.6 Å². The summed E-state index contributed by atoms with van der Waals surface area (Å²) in [6, 6.07) is 15.6. The fraction of sp³-hybridized carbons (Fsp3) is 0.238. The van der Waals surface area contributed by atoms with Gasteiger partial charge < -0.3 is 14.8 Å². The molecule has 0 aliphatic carbocycles. The van der Waals surface area contributed by atoms with Crippen LogP contribution in [-0.2, 0) is 11.3 Å². The molecule has 0 saturated carbocycles. The zero-order chi connectivity index (χ0) is 19.9. The first kappa shape index (κ1) is 20.2. The van der Waals surface area contributed by atoms with Gasteiger partial charge in [-0.25, -0.2) is 4.98 Å². The Morgan fingerprint density at radius 1 is 1.14 bits per heavy atom. The van der Waals surface area contributed by atoms with Crippen molar-refractivity contribution in [2.45, 2.75) is 23.1 Å². The lowest BCUT2D eigenvalue weighted by molar-refractivity contribution is -0.120. The van der Waals surface area contributed by atoms with E-state index in [0.29, 0.717) is 18.0 Å². The second-order valence-electron chi connectivity index (χ2n) is 6.03. The number of methoxy groups -OCH3 is 2. The molecule has 7 heteroatoms. The normalized spacial score (nSPS) is 11.7. The van der Waals surface area contributed by atoms with Gasteiger partial charge in [0.2, 0.25) is 5.91 Å². The Hall–Kier alpha value is -2.51. The highest BCUT2D eigenvalue weighted by Gasteiger charge is 2.17. The van der Waals surface area contributed by atoms with Gasteiger partial charge in [0.25, 0.3) is 0 Å². The third-order valence-electron chi connectivity index (χ3n) is 4.11. The SMILES string of the molecule is COc1ccc(CNC(=O)[C@@H](C)Sc2nc(-c3ccccc3)cs2)cc1OC. The Morgan fingerprint density at radius 2 is 1.89 bits per heavy atom. The molecule has 0 bridgehead atoms. The maximum Gasteiger partial charge on any atom is 0.233 e. The van der Waals surface area contributed by atoms with Gasteiger partial charge in [-0.3, -0.25) is 4.79 Å². The molecule has 146 valence electrons. The van der Waals surface area contributed by atoms with Crippen LogP contribution in [0.3, 0.4) is 0 Å². The molecular weight excluding hydrogens is 392 g/mol. The van der Waals surface area contributed by atoms with Crippen LogP contribution in [0.25, 0.3) is 11.3 Å². The van der Waals surface area contributed by atoms with Crippen molar-refractivity contribution in [3.63, 3.8) is 0 Å². The van der Waals surface area contributed by atoms with E-state index in [9.17, 15) is 4.79 Å². The molecule has 1 heterocycles. The van der Waals surface area contributed by atoms with Gasteiger partial charge in [0.1, 0.15) is 0 Å². The smallest absolute Gasteiger partial charge is 0.233 e. The van der Waals surface area contributed by atoms with E-state index in [1.54, 1.807) is 25.6 Å². The molecule has 3 rings (SSSR count). The highest BCUT2D eigenvalue weighted by Crippen LogP contribution is 2.31. The van der Waals surface area contributed by atoms with Crippen LogP contribution in [-0.4, -0.2) is 30.4 Å². The lowest BCUT2D eigenvalue weighted by atomic mass is 10.2. The molecule has 0 fully saturated rings. The van der Waals surface area contributed by atoms with Crippen LogP contribution in [0.15, 0.2) is 58.3 Å². The van der Waals surface area contributed by atoms with E-state index in [1.165, 1.54) is 11.8 Å². The minimum Gasteiger partial charge on any atom is -0.493 e. The second kappa shape index (κ2) is 9.61. The Bertz CT molecular complexity index is 928. The van der Waals surface area contributed by atoms with E-state index in [0.717, 1.165) is 21.2 Å². The molecule has 0 spiro atoms. The topological polar surface area (TPSA) is 60.5 Å². The monoisotopic (exact) mass is 414 g/mol. The molecule has 0 aliphatic heterocycles. The van der Waals surface area contributed by atoms with E-state index in [1.807, 2.05) is 60.8 Å². The minimum atomic E-state index is -0.241. The second-order valence-corrected chi connectivity index (χ2v) is 8.48. The average molecular weight is 415 g/mol. The van der Waals surface area contributed by atoms with E-state index in [2.05, 4.69) is 10.3 Å². The molecule has 0 aliphatic rings. The molecule has 1 aromatic heterocycles. The number of amides is 1. The number of nitrogens with zero attached hydrogens (tertiary/aromatic N) is 1. The number of benzene rings is 2. The third-order valence-corrected chi connectivity index (χ3v) is 6.19. The van der Waals surface area contributed by atoms with Gasteiger partial charge in [0.05, 0.1) is 25.2 Å². The van der Waals surface area contributed by atoms with Crippen molar-refractivity contribution in [3.05, 3.63) is 59.5 Å². The van der Waals surface area contributed by atoms with Crippen LogP contribution in [0.2, 0.25) is 0 Å². The van der Waals surface area contributed by atoms with Gasteiger partial charge in [-0.15, -0.1) is 11.3 Å². The Kier molecular flexibility index (Phi) is 6.95. The molecule has 1 atom stereocenters. The number of thioether (sulfide) groups is 1. The van der Waals surface area contributed by atoms with Gasteiger partial charge in [0.15, 0.2) is 15.8 Å². The predicted molar refractivity (Wildman–Crippen MR) is 114 cm³/mol. The summed E-state index contributed by atoms with van der Waals surface area (Å²) in [4.78, 5) is 17.1. The number of hydrogen-bond acceptors (Lipinski definition) is 6. The molecule has 5 nitrogen and oxygen atoms in total. The van der Waals surface area contributed by atoms with Crippen molar-refractivity contribution in [1.82, 2.24) is 10.3 Å². The van der Waals surface area contributed by atoms with Crippen LogP contribution in [0, 0.1) is 0 Å². The number of nitrogens with one attached hydrogen (secondary N) is 1.